The van der Waals surface area contributed by atoms with E-state index in [0.29, 0.717) is 11.6 Å². The Bertz CT molecular complexity index is 684. The van der Waals surface area contributed by atoms with Crippen LogP contribution in [0, 0.1) is 19.7 Å². The highest BCUT2D eigenvalue weighted by Gasteiger charge is 2.17. The zero-order chi connectivity index (χ0) is 15.6. The first kappa shape index (κ1) is 15.5. The van der Waals surface area contributed by atoms with Gasteiger partial charge in [0, 0.05) is 18.6 Å². The number of carbonyl (C=O) groups is 1. The molecule has 0 aliphatic carbocycles. The van der Waals surface area contributed by atoms with Crippen LogP contribution in [0.4, 0.5) is 4.39 Å². The van der Waals surface area contributed by atoms with Gasteiger partial charge in [-0.15, -0.1) is 0 Å². The van der Waals surface area contributed by atoms with E-state index in [0.717, 1.165) is 11.1 Å². The summed E-state index contributed by atoms with van der Waals surface area (Å²) in [6.07, 6.45) is 0. The third-order valence-corrected chi connectivity index (χ3v) is 3.65. The highest BCUT2D eigenvalue weighted by atomic mass is 35.5. The summed E-state index contributed by atoms with van der Waals surface area (Å²) >= 11 is 5.83. The van der Waals surface area contributed by atoms with E-state index in [4.69, 9.17) is 11.6 Å². The fourth-order valence-electron chi connectivity index (χ4n) is 2.22. The van der Waals surface area contributed by atoms with Crippen molar-refractivity contribution in [1.29, 1.82) is 0 Å². The van der Waals surface area contributed by atoms with Crippen molar-refractivity contribution in [2.45, 2.75) is 20.4 Å². The second-order valence-corrected chi connectivity index (χ2v) is 5.65. The summed E-state index contributed by atoms with van der Waals surface area (Å²) < 4.78 is 13.7. The lowest BCUT2D eigenvalue weighted by Gasteiger charge is -2.19. The Morgan fingerprint density at radius 3 is 2.57 bits per heavy atom. The largest absolute Gasteiger partial charge is 0.337 e. The molecule has 0 aromatic heterocycles. The summed E-state index contributed by atoms with van der Waals surface area (Å²) in [5.41, 5.74) is 3.32. The molecular formula is C17H17ClFNO. The SMILES string of the molecule is Cc1ccc(CN(C)C(=O)c2cc(Cl)ccc2F)c(C)c1. The van der Waals surface area contributed by atoms with Crippen LogP contribution in [-0.4, -0.2) is 17.9 Å². The van der Waals surface area contributed by atoms with E-state index in [1.165, 1.54) is 28.7 Å². The van der Waals surface area contributed by atoms with E-state index in [9.17, 15) is 9.18 Å². The average molecular weight is 306 g/mol. The molecule has 4 heteroatoms. The molecule has 0 heterocycles. The summed E-state index contributed by atoms with van der Waals surface area (Å²) in [6, 6.07) is 10.0. The number of nitrogens with zero attached hydrogens (tertiary/aromatic N) is 1. The van der Waals surface area contributed by atoms with Gasteiger partial charge in [0.15, 0.2) is 0 Å². The van der Waals surface area contributed by atoms with Crippen molar-refractivity contribution in [3.63, 3.8) is 0 Å². The van der Waals surface area contributed by atoms with Gasteiger partial charge in [-0.3, -0.25) is 4.79 Å². The van der Waals surface area contributed by atoms with Crippen molar-refractivity contribution in [3.8, 4) is 0 Å². The Balaban J connectivity index is 2.21. The monoisotopic (exact) mass is 305 g/mol. The molecule has 0 radical (unpaired) electrons. The lowest BCUT2D eigenvalue weighted by Crippen LogP contribution is -2.27. The molecule has 2 rings (SSSR count). The van der Waals surface area contributed by atoms with Crippen LogP contribution < -0.4 is 0 Å². The van der Waals surface area contributed by atoms with E-state index < -0.39 is 5.82 Å². The highest BCUT2D eigenvalue weighted by molar-refractivity contribution is 6.30. The Morgan fingerprint density at radius 1 is 1.19 bits per heavy atom. The van der Waals surface area contributed by atoms with Crippen molar-refractivity contribution in [2.24, 2.45) is 0 Å². The predicted molar refractivity (Wildman–Crippen MR) is 83.1 cm³/mol. The quantitative estimate of drug-likeness (QED) is 0.824. The number of benzene rings is 2. The van der Waals surface area contributed by atoms with Crippen molar-refractivity contribution in [3.05, 3.63) is 69.5 Å². The predicted octanol–water partition coefficient (Wildman–Crippen LogP) is 4.37. The molecule has 21 heavy (non-hydrogen) atoms. The molecule has 0 saturated heterocycles. The minimum absolute atomic E-state index is 0.00485. The Labute approximate surface area is 129 Å². The van der Waals surface area contributed by atoms with Crippen molar-refractivity contribution in [2.75, 3.05) is 7.05 Å². The third kappa shape index (κ3) is 3.61. The van der Waals surface area contributed by atoms with Crippen LogP contribution in [0.5, 0.6) is 0 Å². The smallest absolute Gasteiger partial charge is 0.256 e. The minimum atomic E-state index is -0.558. The number of rotatable bonds is 3. The summed E-state index contributed by atoms with van der Waals surface area (Å²) in [4.78, 5) is 13.8. The topological polar surface area (TPSA) is 20.3 Å². The first-order chi connectivity index (χ1) is 9.88. The summed E-state index contributed by atoms with van der Waals surface area (Å²) in [5, 5.41) is 0.347. The summed E-state index contributed by atoms with van der Waals surface area (Å²) in [6.45, 7) is 4.45. The lowest BCUT2D eigenvalue weighted by atomic mass is 10.1. The Kier molecular flexibility index (Phi) is 4.63. The standard InChI is InChI=1S/C17H17ClFNO/c1-11-4-5-13(12(2)8-11)10-20(3)17(21)15-9-14(18)6-7-16(15)19/h4-9H,10H2,1-3H3. The van der Waals surface area contributed by atoms with E-state index >= 15 is 0 Å². The minimum Gasteiger partial charge on any atom is -0.337 e. The zero-order valence-corrected chi connectivity index (χ0v) is 13.0. The molecule has 0 N–H and O–H groups in total. The van der Waals surface area contributed by atoms with Gasteiger partial charge in [0.25, 0.3) is 5.91 Å². The van der Waals surface area contributed by atoms with Crippen LogP contribution in [0.2, 0.25) is 5.02 Å². The maximum Gasteiger partial charge on any atom is 0.256 e. The fraction of sp³-hybridized carbons (Fsp3) is 0.235. The van der Waals surface area contributed by atoms with Gasteiger partial charge in [0.05, 0.1) is 5.56 Å². The highest BCUT2D eigenvalue weighted by Crippen LogP contribution is 2.18. The maximum absolute atomic E-state index is 13.7. The molecule has 0 fully saturated rings. The van der Waals surface area contributed by atoms with Gasteiger partial charge in [0.1, 0.15) is 5.82 Å². The molecule has 0 spiro atoms. The van der Waals surface area contributed by atoms with Crippen LogP contribution in [-0.2, 0) is 6.54 Å². The number of hydrogen-bond acceptors (Lipinski definition) is 1. The molecule has 0 aliphatic rings. The second kappa shape index (κ2) is 6.27. The van der Waals surface area contributed by atoms with Gasteiger partial charge in [-0.25, -0.2) is 4.39 Å². The van der Waals surface area contributed by atoms with Crippen molar-refractivity contribution >= 4 is 17.5 Å². The number of halogens is 2. The van der Waals surface area contributed by atoms with Crippen molar-refractivity contribution < 1.29 is 9.18 Å². The van der Waals surface area contributed by atoms with Crippen molar-refractivity contribution in [1.82, 2.24) is 4.90 Å². The van der Waals surface area contributed by atoms with Crippen LogP contribution in [0.25, 0.3) is 0 Å². The lowest BCUT2D eigenvalue weighted by molar-refractivity contribution is 0.0780. The summed E-state index contributed by atoms with van der Waals surface area (Å²) in [7, 11) is 1.65. The summed E-state index contributed by atoms with van der Waals surface area (Å²) in [5.74, 6) is -0.938. The molecule has 2 nitrogen and oxygen atoms in total. The molecule has 0 saturated carbocycles. The first-order valence-electron chi connectivity index (χ1n) is 6.65. The number of amides is 1. The van der Waals surface area contributed by atoms with Gasteiger partial charge in [-0.1, -0.05) is 35.4 Å². The van der Waals surface area contributed by atoms with Crippen LogP contribution >= 0.6 is 11.6 Å². The Hall–Kier alpha value is -1.87. The number of hydrogen-bond donors (Lipinski definition) is 0. The van der Waals surface area contributed by atoms with Crippen LogP contribution in [0.15, 0.2) is 36.4 Å². The fourth-order valence-corrected chi connectivity index (χ4v) is 2.39. The van der Waals surface area contributed by atoms with Crippen LogP contribution in [0.3, 0.4) is 0 Å². The normalized spacial score (nSPS) is 10.5. The second-order valence-electron chi connectivity index (χ2n) is 5.22. The van der Waals surface area contributed by atoms with Gasteiger partial charge in [-0.2, -0.15) is 0 Å². The molecule has 1 amide bonds. The van der Waals surface area contributed by atoms with E-state index in [-0.39, 0.29) is 11.5 Å². The van der Waals surface area contributed by atoms with Gasteiger partial charge >= 0.3 is 0 Å². The van der Waals surface area contributed by atoms with E-state index in [1.807, 2.05) is 26.0 Å². The van der Waals surface area contributed by atoms with Gasteiger partial charge in [-0.05, 0) is 43.2 Å². The van der Waals surface area contributed by atoms with Crippen LogP contribution in [0.1, 0.15) is 27.0 Å². The maximum atomic E-state index is 13.7. The molecule has 0 bridgehead atoms. The van der Waals surface area contributed by atoms with E-state index in [1.54, 1.807) is 7.05 Å². The average Bonchev–Trinajstić information content (AvgIpc) is 2.43. The number of aryl methyl sites for hydroxylation is 2. The molecular weight excluding hydrogens is 289 g/mol. The third-order valence-electron chi connectivity index (χ3n) is 3.41. The molecule has 0 atom stereocenters. The first-order valence-corrected chi connectivity index (χ1v) is 7.03. The molecule has 0 unspecified atom stereocenters. The molecule has 110 valence electrons. The van der Waals surface area contributed by atoms with E-state index in [2.05, 4.69) is 6.07 Å². The zero-order valence-electron chi connectivity index (χ0n) is 12.3. The molecule has 2 aromatic rings. The molecule has 2 aromatic carbocycles. The van der Waals surface area contributed by atoms with Gasteiger partial charge < -0.3 is 4.90 Å². The number of carbonyl (C=O) groups excluding carboxylic acids is 1. The molecule has 0 aliphatic heterocycles. The van der Waals surface area contributed by atoms with Gasteiger partial charge in [0.2, 0.25) is 0 Å². The Morgan fingerprint density at radius 2 is 1.90 bits per heavy atom.